The van der Waals surface area contributed by atoms with Gasteiger partial charge in [-0.25, -0.2) is 0 Å². The Morgan fingerprint density at radius 2 is 2.18 bits per heavy atom. The van der Waals surface area contributed by atoms with Crippen molar-refractivity contribution in [3.8, 4) is 0 Å². The molecule has 0 bridgehead atoms. The molecule has 0 aromatic carbocycles. The summed E-state index contributed by atoms with van der Waals surface area (Å²) in [6.07, 6.45) is 4.54. The minimum absolute atomic E-state index is 0.0253. The Morgan fingerprint density at radius 3 is 2.95 bits per heavy atom. The zero-order valence-corrected chi connectivity index (χ0v) is 13.5. The number of aryl methyl sites for hydroxylation is 1. The maximum atomic E-state index is 5.82. The van der Waals surface area contributed by atoms with Crippen molar-refractivity contribution in [2.24, 2.45) is 0 Å². The lowest BCUT2D eigenvalue weighted by molar-refractivity contribution is -0.163. The topological polar surface area (TPSA) is 44.1 Å². The van der Waals surface area contributed by atoms with Gasteiger partial charge in [-0.3, -0.25) is 4.90 Å². The van der Waals surface area contributed by atoms with Gasteiger partial charge in [-0.1, -0.05) is 0 Å². The standard InChI is InChI=1S/C17H27NO4/c1-14-6-7-15(22-14)16-13-18(9-12-19-16)8-4-11-21-17-5-2-3-10-20-17/h6-7,16-17H,2-5,8-13H2,1H3/t16-,17-/m0/s1. The van der Waals surface area contributed by atoms with Gasteiger partial charge >= 0.3 is 0 Å². The second kappa shape index (κ2) is 8.11. The van der Waals surface area contributed by atoms with E-state index in [-0.39, 0.29) is 12.4 Å². The lowest BCUT2D eigenvalue weighted by atomic mass is 10.2. The van der Waals surface area contributed by atoms with Crippen molar-refractivity contribution in [3.05, 3.63) is 23.7 Å². The third-order valence-electron chi connectivity index (χ3n) is 4.29. The second-order valence-electron chi connectivity index (χ2n) is 6.13. The van der Waals surface area contributed by atoms with Crippen LogP contribution in [0.5, 0.6) is 0 Å². The van der Waals surface area contributed by atoms with Gasteiger partial charge in [0.25, 0.3) is 0 Å². The molecule has 2 saturated heterocycles. The second-order valence-corrected chi connectivity index (χ2v) is 6.13. The molecule has 5 nitrogen and oxygen atoms in total. The van der Waals surface area contributed by atoms with Crippen molar-refractivity contribution in [1.82, 2.24) is 4.90 Å². The Morgan fingerprint density at radius 1 is 1.23 bits per heavy atom. The highest BCUT2D eigenvalue weighted by molar-refractivity contribution is 5.09. The molecule has 0 spiro atoms. The van der Waals surface area contributed by atoms with Crippen LogP contribution in [0.2, 0.25) is 0 Å². The minimum Gasteiger partial charge on any atom is -0.464 e. The van der Waals surface area contributed by atoms with E-state index in [1.807, 2.05) is 19.1 Å². The molecule has 1 aromatic rings. The van der Waals surface area contributed by atoms with Crippen LogP contribution in [0.25, 0.3) is 0 Å². The minimum atomic E-state index is 0.0253. The fourth-order valence-electron chi connectivity index (χ4n) is 3.05. The maximum Gasteiger partial charge on any atom is 0.157 e. The Balaban J connectivity index is 1.35. The van der Waals surface area contributed by atoms with E-state index in [0.29, 0.717) is 0 Å². The van der Waals surface area contributed by atoms with E-state index in [2.05, 4.69) is 4.90 Å². The fraction of sp³-hybridized carbons (Fsp3) is 0.765. The SMILES string of the molecule is Cc1ccc([C@@H]2CN(CCCO[C@H]3CCCCO3)CCO2)o1. The van der Waals surface area contributed by atoms with Gasteiger partial charge in [0.1, 0.15) is 17.6 Å². The van der Waals surface area contributed by atoms with Crippen molar-refractivity contribution in [1.29, 1.82) is 0 Å². The van der Waals surface area contributed by atoms with Crippen LogP contribution in [0.1, 0.15) is 43.3 Å². The number of morpholine rings is 1. The van der Waals surface area contributed by atoms with Crippen molar-refractivity contribution < 1.29 is 18.6 Å². The van der Waals surface area contributed by atoms with Crippen molar-refractivity contribution in [3.63, 3.8) is 0 Å². The molecule has 0 N–H and O–H groups in total. The molecule has 0 saturated carbocycles. The van der Waals surface area contributed by atoms with Crippen LogP contribution in [0.3, 0.4) is 0 Å². The Hall–Kier alpha value is -0.880. The summed E-state index contributed by atoms with van der Waals surface area (Å²) in [5.41, 5.74) is 0. The summed E-state index contributed by atoms with van der Waals surface area (Å²) in [6.45, 7) is 7.26. The van der Waals surface area contributed by atoms with Crippen LogP contribution < -0.4 is 0 Å². The maximum absolute atomic E-state index is 5.82. The first-order valence-corrected chi connectivity index (χ1v) is 8.45. The van der Waals surface area contributed by atoms with Gasteiger partial charge in [-0.05, 0) is 44.7 Å². The average Bonchev–Trinajstić information content (AvgIpc) is 3.00. The first-order chi connectivity index (χ1) is 10.8. The van der Waals surface area contributed by atoms with Crippen molar-refractivity contribution in [2.45, 2.75) is 45.0 Å². The normalized spacial score (nSPS) is 27.1. The van der Waals surface area contributed by atoms with Crippen LogP contribution in [0, 0.1) is 6.92 Å². The van der Waals surface area contributed by atoms with E-state index in [1.165, 1.54) is 12.8 Å². The highest BCUT2D eigenvalue weighted by Crippen LogP contribution is 2.24. The van der Waals surface area contributed by atoms with Crippen LogP contribution in [0.4, 0.5) is 0 Å². The predicted molar refractivity (Wildman–Crippen MR) is 82.7 cm³/mol. The summed E-state index contributed by atoms with van der Waals surface area (Å²) in [7, 11) is 0. The molecule has 2 atom stereocenters. The molecule has 0 aliphatic carbocycles. The number of rotatable bonds is 6. The highest BCUT2D eigenvalue weighted by atomic mass is 16.7. The average molecular weight is 309 g/mol. The summed E-state index contributed by atoms with van der Waals surface area (Å²) in [5.74, 6) is 1.88. The zero-order valence-electron chi connectivity index (χ0n) is 13.5. The number of ether oxygens (including phenoxy) is 3. The molecule has 2 aliphatic heterocycles. The van der Waals surface area contributed by atoms with Gasteiger partial charge in [0.2, 0.25) is 0 Å². The Labute approximate surface area is 132 Å². The molecule has 5 heteroatoms. The molecular formula is C17H27NO4. The summed E-state index contributed by atoms with van der Waals surface area (Å²) in [5, 5.41) is 0. The van der Waals surface area contributed by atoms with Crippen LogP contribution in [-0.2, 0) is 14.2 Å². The summed E-state index contributed by atoms with van der Waals surface area (Å²) in [6, 6.07) is 4.02. The molecule has 0 unspecified atom stereocenters. The van der Waals surface area contributed by atoms with Gasteiger partial charge in [0, 0.05) is 26.2 Å². The number of hydrogen-bond donors (Lipinski definition) is 0. The molecule has 0 amide bonds. The van der Waals surface area contributed by atoms with Crippen molar-refractivity contribution >= 4 is 0 Å². The van der Waals surface area contributed by atoms with Gasteiger partial charge < -0.3 is 18.6 Å². The lowest BCUT2D eigenvalue weighted by Crippen LogP contribution is -2.39. The monoisotopic (exact) mass is 309 g/mol. The molecule has 124 valence electrons. The summed E-state index contributed by atoms with van der Waals surface area (Å²) < 4.78 is 22.9. The van der Waals surface area contributed by atoms with Crippen LogP contribution in [0.15, 0.2) is 16.5 Å². The van der Waals surface area contributed by atoms with Crippen LogP contribution >= 0.6 is 0 Å². The molecule has 3 rings (SSSR count). The predicted octanol–water partition coefficient (Wildman–Crippen LogP) is 2.89. The zero-order chi connectivity index (χ0) is 15.2. The van der Waals surface area contributed by atoms with E-state index >= 15 is 0 Å². The molecule has 2 fully saturated rings. The molecule has 2 aliphatic rings. The third kappa shape index (κ3) is 4.56. The van der Waals surface area contributed by atoms with E-state index < -0.39 is 0 Å². The fourth-order valence-corrected chi connectivity index (χ4v) is 3.05. The van der Waals surface area contributed by atoms with Gasteiger partial charge in [-0.2, -0.15) is 0 Å². The van der Waals surface area contributed by atoms with E-state index in [1.54, 1.807) is 0 Å². The quantitative estimate of drug-likeness (QED) is 0.756. The Kier molecular flexibility index (Phi) is 5.89. The largest absolute Gasteiger partial charge is 0.464 e. The van der Waals surface area contributed by atoms with Gasteiger partial charge in [-0.15, -0.1) is 0 Å². The first kappa shape index (κ1) is 16.0. The molecule has 3 heterocycles. The summed E-state index contributed by atoms with van der Waals surface area (Å²) >= 11 is 0. The summed E-state index contributed by atoms with van der Waals surface area (Å²) in [4.78, 5) is 2.43. The Bertz CT molecular complexity index is 442. The molecule has 22 heavy (non-hydrogen) atoms. The van der Waals surface area contributed by atoms with Gasteiger partial charge in [0.05, 0.1) is 13.2 Å². The number of furan rings is 1. The van der Waals surface area contributed by atoms with E-state index in [0.717, 1.165) is 63.8 Å². The smallest absolute Gasteiger partial charge is 0.157 e. The molecular weight excluding hydrogens is 282 g/mol. The first-order valence-electron chi connectivity index (χ1n) is 8.45. The van der Waals surface area contributed by atoms with Crippen molar-refractivity contribution in [2.75, 3.05) is 39.5 Å². The van der Waals surface area contributed by atoms with Crippen LogP contribution in [-0.4, -0.2) is 50.6 Å². The van der Waals surface area contributed by atoms with Gasteiger partial charge in [0.15, 0.2) is 6.29 Å². The number of hydrogen-bond acceptors (Lipinski definition) is 5. The highest BCUT2D eigenvalue weighted by Gasteiger charge is 2.24. The lowest BCUT2D eigenvalue weighted by Gasteiger charge is -2.32. The van der Waals surface area contributed by atoms with E-state index in [4.69, 9.17) is 18.6 Å². The third-order valence-corrected chi connectivity index (χ3v) is 4.29. The van der Waals surface area contributed by atoms with E-state index in [9.17, 15) is 0 Å². The molecule has 1 aromatic heterocycles. The number of nitrogens with zero attached hydrogens (tertiary/aromatic N) is 1. The molecule has 0 radical (unpaired) electrons.